The van der Waals surface area contributed by atoms with E-state index in [1.54, 1.807) is 13.3 Å². The molecule has 0 amide bonds. The predicted molar refractivity (Wildman–Crippen MR) is 92.4 cm³/mol. The first kappa shape index (κ1) is 16.7. The summed E-state index contributed by atoms with van der Waals surface area (Å²) in [4.78, 5) is 4.25. The van der Waals surface area contributed by atoms with E-state index in [0.29, 0.717) is 12.6 Å². The standard InChI is InChI=1S/C13H21N3OS.HI/c1-14-13(15-9-11-4-3-7-17-11)16-10-5-6-12(8-10)18-2;/h3-4,7,10,12H,5-6,8-9H2,1-2H3,(H2,14,15,16);1H. The number of rotatable bonds is 4. The molecule has 1 aromatic heterocycles. The van der Waals surface area contributed by atoms with Gasteiger partial charge in [-0.15, -0.1) is 24.0 Å². The van der Waals surface area contributed by atoms with E-state index in [1.807, 2.05) is 23.9 Å². The normalized spacial score (nSPS) is 22.9. The molecule has 0 bridgehead atoms. The van der Waals surface area contributed by atoms with E-state index < -0.39 is 0 Å². The fraction of sp³-hybridized carbons (Fsp3) is 0.615. The molecule has 1 saturated carbocycles. The number of halogens is 1. The van der Waals surface area contributed by atoms with Gasteiger partial charge in [-0.05, 0) is 37.7 Å². The highest BCUT2D eigenvalue weighted by molar-refractivity contribution is 14.0. The topological polar surface area (TPSA) is 49.6 Å². The molecule has 2 rings (SSSR count). The highest BCUT2D eigenvalue weighted by atomic mass is 127. The van der Waals surface area contributed by atoms with E-state index >= 15 is 0 Å². The fourth-order valence-electron chi connectivity index (χ4n) is 2.26. The molecule has 0 aliphatic heterocycles. The summed E-state index contributed by atoms with van der Waals surface area (Å²) in [6.07, 6.45) is 7.63. The van der Waals surface area contributed by atoms with Crippen LogP contribution >= 0.6 is 35.7 Å². The van der Waals surface area contributed by atoms with E-state index in [4.69, 9.17) is 4.42 Å². The third kappa shape index (κ3) is 5.25. The zero-order chi connectivity index (χ0) is 12.8. The molecule has 0 radical (unpaired) electrons. The van der Waals surface area contributed by atoms with Gasteiger partial charge in [0.1, 0.15) is 5.76 Å². The monoisotopic (exact) mass is 395 g/mol. The van der Waals surface area contributed by atoms with Gasteiger partial charge >= 0.3 is 0 Å². The second-order valence-electron chi connectivity index (χ2n) is 4.52. The van der Waals surface area contributed by atoms with Gasteiger partial charge < -0.3 is 15.1 Å². The predicted octanol–water partition coefficient (Wildman–Crippen LogP) is 2.85. The summed E-state index contributed by atoms with van der Waals surface area (Å²) in [7, 11) is 1.80. The minimum Gasteiger partial charge on any atom is -0.467 e. The number of nitrogens with zero attached hydrogens (tertiary/aromatic N) is 1. The Morgan fingerprint density at radius 3 is 2.95 bits per heavy atom. The molecule has 4 nitrogen and oxygen atoms in total. The summed E-state index contributed by atoms with van der Waals surface area (Å²) >= 11 is 1.97. The Balaban J connectivity index is 0.00000180. The maximum Gasteiger partial charge on any atom is 0.191 e. The number of furan rings is 1. The minimum atomic E-state index is 0. The van der Waals surface area contributed by atoms with Gasteiger partial charge in [0.25, 0.3) is 0 Å². The molecule has 19 heavy (non-hydrogen) atoms. The van der Waals surface area contributed by atoms with Gasteiger partial charge in [-0.3, -0.25) is 4.99 Å². The first-order valence-electron chi connectivity index (χ1n) is 6.34. The number of hydrogen-bond donors (Lipinski definition) is 2. The Morgan fingerprint density at radius 1 is 1.53 bits per heavy atom. The van der Waals surface area contributed by atoms with Crippen molar-refractivity contribution in [3.63, 3.8) is 0 Å². The summed E-state index contributed by atoms with van der Waals surface area (Å²) in [5.41, 5.74) is 0. The zero-order valence-electron chi connectivity index (χ0n) is 11.4. The molecular formula is C13H22IN3OS. The van der Waals surface area contributed by atoms with Gasteiger partial charge in [-0.2, -0.15) is 11.8 Å². The number of nitrogens with one attached hydrogen (secondary N) is 2. The molecule has 1 heterocycles. The summed E-state index contributed by atoms with van der Waals surface area (Å²) < 4.78 is 5.28. The van der Waals surface area contributed by atoms with Crippen LogP contribution in [0.25, 0.3) is 0 Å². The number of guanidine groups is 1. The van der Waals surface area contributed by atoms with E-state index in [-0.39, 0.29) is 24.0 Å². The zero-order valence-corrected chi connectivity index (χ0v) is 14.5. The first-order valence-corrected chi connectivity index (χ1v) is 7.63. The Morgan fingerprint density at radius 2 is 2.37 bits per heavy atom. The molecule has 0 saturated heterocycles. The van der Waals surface area contributed by atoms with Gasteiger partial charge in [0.05, 0.1) is 12.8 Å². The maximum absolute atomic E-state index is 5.28. The van der Waals surface area contributed by atoms with Crippen molar-refractivity contribution in [3.8, 4) is 0 Å². The maximum atomic E-state index is 5.28. The van der Waals surface area contributed by atoms with Crippen LogP contribution in [0.2, 0.25) is 0 Å². The third-order valence-electron chi connectivity index (χ3n) is 3.29. The molecular weight excluding hydrogens is 373 g/mol. The lowest BCUT2D eigenvalue weighted by molar-refractivity contribution is 0.499. The van der Waals surface area contributed by atoms with Gasteiger partial charge in [0.2, 0.25) is 0 Å². The molecule has 1 aromatic rings. The van der Waals surface area contributed by atoms with Crippen molar-refractivity contribution in [2.45, 2.75) is 37.1 Å². The Bertz CT molecular complexity index is 383. The van der Waals surface area contributed by atoms with Crippen molar-refractivity contribution in [2.75, 3.05) is 13.3 Å². The first-order chi connectivity index (χ1) is 8.81. The smallest absolute Gasteiger partial charge is 0.191 e. The quantitative estimate of drug-likeness (QED) is 0.468. The number of hydrogen-bond acceptors (Lipinski definition) is 3. The van der Waals surface area contributed by atoms with Crippen molar-refractivity contribution in [3.05, 3.63) is 24.2 Å². The highest BCUT2D eigenvalue weighted by Gasteiger charge is 2.24. The average molecular weight is 395 g/mol. The Hall–Kier alpha value is -0.370. The van der Waals surface area contributed by atoms with Crippen LogP contribution in [0.3, 0.4) is 0 Å². The summed E-state index contributed by atoms with van der Waals surface area (Å²) in [5, 5.41) is 7.54. The van der Waals surface area contributed by atoms with E-state index in [1.165, 1.54) is 19.3 Å². The molecule has 2 atom stereocenters. The fourth-order valence-corrected chi connectivity index (χ4v) is 3.05. The average Bonchev–Trinajstić information content (AvgIpc) is 3.05. The van der Waals surface area contributed by atoms with Crippen molar-refractivity contribution in [1.29, 1.82) is 0 Å². The van der Waals surface area contributed by atoms with Gasteiger partial charge in [-0.25, -0.2) is 0 Å². The van der Waals surface area contributed by atoms with E-state index in [9.17, 15) is 0 Å². The Kier molecular flexibility index (Phi) is 7.67. The van der Waals surface area contributed by atoms with Crippen LogP contribution in [-0.2, 0) is 6.54 Å². The van der Waals surface area contributed by atoms with Gasteiger partial charge in [0.15, 0.2) is 5.96 Å². The lowest BCUT2D eigenvalue weighted by atomic mass is 10.2. The van der Waals surface area contributed by atoms with Crippen molar-refractivity contribution < 1.29 is 4.42 Å². The van der Waals surface area contributed by atoms with Crippen molar-refractivity contribution in [1.82, 2.24) is 10.6 Å². The van der Waals surface area contributed by atoms with Crippen LogP contribution in [0.5, 0.6) is 0 Å². The third-order valence-corrected chi connectivity index (χ3v) is 4.39. The van der Waals surface area contributed by atoms with Crippen molar-refractivity contribution in [2.24, 2.45) is 4.99 Å². The van der Waals surface area contributed by atoms with E-state index in [0.717, 1.165) is 17.0 Å². The lowest BCUT2D eigenvalue weighted by Crippen LogP contribution is -2.42. The molecule has 0 spiro atoms. The van der Waals surface area contributed by atoms with Crippen LogP contribution in [0.1, 0.15) is 25.0 Å². The molecule has 1 aliphatic rings. The molecule has 1 aliphatic carbocycles. The second-order valence-corrected chi connectivity index (χ2v) is 5.66. The van der Waals surface area contributed by atoms with Gasteiger partial charge in [0, 0.05) is 18.3 Å². The molecule has 1 fully saturated rings. The molecule has 108 valence electrons. The lowest BCUT2D eigenvalue weighted by Gasteiger charge is -2.16. The summed E-state index contributed by atoms with van der Waals surface area (Å²) in [6.45, 7) is 0.672. The summed E-state index contributed by atoms with van der Waals surface area (Å²) in [5.74, 6) is 1.78. The molecule has 0 aromatic carbocycles. The SMILES string of the molecule is CN=C(NCc1ccco1)NC1CCC(SC)C1.I. The summed E-state index contributed by atoms with van der Waals surface area (Å²) in [6, 6.07) is 4.40. The van der Waals surface area contributed by atoms with Crippen LogP contribution in [0, 0.1) is 0 Å². The number of aliphatic imine (C=N–C) groups is 1. The number of thioether (sulfide) groups is 1. The minimum absolute atomic E-state index is 0. The van der Waals surface area contributed by atoms with E-state index in [2.05, 4.69) is 21.9 Å². The van der Waals surface area contributed by atoms with Crippen molar-refractivity contribution >= 4 is 41.7 Å². The van der Waals surface area contributed by atoms with Crippen LogP contribution < -0.4 is 10.6 Å². The van der Waals surface area contributed by atoms with Gasteiger partial charge in [-0.1, -0.05) is 0 Å². The molecule has 2 N–H and O–H groups in total. The molecule has 6 heteroatoms. The largest absolute Gasteiger partial charge is 0.467 e. The highest BCUT2D eigenvalue weighted by Crippen LogP contribution is 2.27. The van der Waals surface area contributed by atoms with Crippen LogP contribution in [-0.4, -0.2) is 30.6 Å². The van der Waals surface area contributed by atoms with Crippen LogP contribution in [0.15, 0.2) is 27.8 Å². The van der Waals surface area contributed by atoms with Crippen LogP contribution in [0.4, 0.5) is 0 Å². The molecule has 2 unspecified atom stereocenters. The Labute approximate surface area is 136 Å². The second kappa shape index (κ2) is 8.73.